The Labute approximate surface area is 189 Å². The number of carbonyl (C=O) groups excluding carboxylic acids is 1. The second-order valence-electron chi connectivity index (χ2n) is 7.82. The highest BCUT2D eigenvalue weighted by Crippen LogP contribution is 2.33. The van der Waals surface area contributed by atoms with E-state index in [-0.39, 0.29) is 39.4 Å². The number of nitrogens with zero attached hydrogens (tertiary/aromatic N) is 5. The van der Waals surface area contributed by atoms with Gasteiger partial charge in [0.15, 0.2) is 16.5 Å². The molecule has 4 heterocycles. The molecule has 172 valence electrons. The molecule has 0 saturated carbocycles. The first-order chi connectivity index (χ1) is 15.8. The first-order valence-electron chi connectivity index (χ1n) is 10.3. The van der Waals surface area contributed by atoms with Crippen molar-refractivity contribution in [3.8, 4) is 16.3 Å². The van der Waals surface area contributed by atoms with Crippen LogP contribution in [0.25, 0.3) is 10.6 Å². The molecule has 2 aliphatic heterocycles. The van der Waals surface area contributed by atoms with Gasteiger partial charge in [-0.1, -0.05) is 11.3 Å². The summed E-state index contributed by atoms with van der Waals surface area (Å²) >= 11 is 0.919. The van der Waals surface area contributed by atoms with Crippen LogP contribution in [0.15, 0.2) is 23.1 Å². The zero-order valence-electron chi connectivity index (χ0n) is 17.4. The summed E-state index contributed by atoms with van der Waals surface area (Å²) in [6.07, 6.45) is 2.59. The molecule has 1 amide bonds. The Hall–Kier alpha value is -3.41. The fourth-order valence-corrected chi connectivity index (χ4v) is 5.26. The number of hydrogen-bond acceptors (Lipinski definition) is 7. The number of amides is 1. The van der Waals surface area contributed by atoms with Crippen LogP contribution in [0.1, 0.15) is 40.8 Å². The van der Waals surface area contributed by atoms with Crippen LogP contribution in [0.3, 0.4) is 0 Å². The van der Waals surface area contributed by atoms with Crippen LogP contribution in [-0.4, -0.2) is 50.0 Å². The second kappa shape index (κ2) is 7.87. The van der Waals surface area contributed by atoms with Crippen molar-refractivity contribution in [2.75, 3.05) is 18.1 Å². The van der Waals surface area contributed by atoms with E-state index >= 15 is 0 Å². The fourth-order valence-electron chi connectivity index (χ4n) is 4.40. The van der Waals surface area contributed by atoms with Crippen LogP contribution >= 0.6 is 11.3 Å². The van der Waals surface area contributed by atoms with Gasteiger partial charge in [-0.2, -0.15) is 0 Å². The number of fused-ring (bicyclic) bond motifs is 3. The zero-order valence-corrected chi connectivity index (χ0v) is 18.2. The number of rotatable bonds is 4. The molecule has 1 aromatic carbocycles. The topological polar surface area (TPSA) is 91.6 Å². The summed E-state index contributed by atoms with van der Waals surface area (Å²) in [5, 5.41) is 20.7. The van der Waals surface area contributed by atoms with E-state index in [1.807, 2.05) is 11.9 Å². The van der Waals surface area contributed by atoms with Crippen LogP contribution in [0.2, 0.25) is 0 Å². The van der Waals surface area contributed by atoms with E-state index in [1.165, 1.54) is 10.9 Å². The first kappa shape index (κ1) is 21.4. The zero-order chi connectivity index (χ0) is 23.4. The summed E-state index contributed by atoms with van der Waals surface area (Å²) in [5.74, 6) is -4.24. The van der Waals surface area contributed by atoms with Crippen molar-refractivity contribution in [3.05, 3.63) is 62.3 Å². The van der Waals surface area contributed by atoms with Gasteiger partial charge >= 0.3 is 0 Å². The molecule has 1 fully saturated rings. The fraction of sp³-hybridized carbons (Fsp3) is 0.333. The monoisotopic (exact) mass is 477 g/mol. The second-order valence-corrected chi connectivity index (χ2v) is 8.88. The minimum absolute atomic E-state index is 0.0171. The van der Waals surface area contributed by atoms with Gasteiger partial charge in [0.2, 0.25) is 5.43 Å². The molecule has 5 rings (SSSR count). The SMILES string of the molecule is CCN1C(=O)c2c(O)c(=O)c(-c3nnc(Cc4c(F)cc(F)cc4F)s3)cn2N2CCC[C@@H]12. The molecule has 3 aromatic rings. The van der Waals surface area contributed by atoms with Crippen molar-refractivity contribution >= 4 is 17.2 Å². The lowest BCUT2D eigenvalue weighted by atomic mass is 10.1. The van der Waals surface area contributed by atoms with Crippen LogP contribution in [-0.2, 0) is 6.42 Å². The van der Waals surface area contributed by atoms with Gasteiger partial charge in [0.1, 0.15) is 28.6 Å². The maximum Gasteiger partial charge on any atom is 0.278 e. The highest BCUT2D eigenvalue weighted by Gasteiger charge is 2.41. The minimum Gasteiger partial charge on any atom is -0.502 e. The van der Waals surface area contributed by atoms with Gasteiger partial charge in [0.05, 0.1) is 5.56 Å². The van der Waals surface area contributed by atoms with E-state index < -0.39 is 34.5 Å². The lowest BCUT2D eigenvalue weighted by Gasteiger charge is -2.42. The Balaban J connectivity index is 1.56. The van der Waals surface area contributed by atoms with E-state index in [4.69, 9.17) is 0 Å². The Morgan fingerprint density at radius 2 is 1.91 bits per heavy atom. The number of aromatic nitrogens is 3. The van der Waals surface area contributed by atoms with E-state index in [9.17, 15) is 27.9 Å². The van der Waals surface area contributed by atoms with E-state index in [2.05, 4.69) is 10.2 Å². The van der Waals surface area contributed by atoms with Gasteiger partial charge in [-0.15, -0.1) is 10.2 Å². The van der Waals surface area contributed by atoms with Crippen molar-refractivity contribution in [1.82, 2.24) is 19.8 Å². The third-order valence-corrected chi connectivity index (χ3v) is 6.89. The van der Waals surface area contributed by atoms with Crippen molar-refractivity contribution in [2.24, 2.45) is 0 Å². The van der Waals surface area contributed by atoms with Gasteiger partial charge in [-0.25, -0.2) is 13.2 Å². The molecule has 0 radical (unpaired) electrons. The maximum absolute atomic E-state index is 14.0. The number of carbonyl (C=O) groups is 1. The van der Waals surface area contributed by atoms with Crippen LogP contribution in [0, 0.1) is 17.5 Å². The Kier molecular flexibility index (Phi) is 5.11. The largest absolute Gasteiger partial charge is 0.502 e. The molecule has 2 aromatic heterocycles. The third-order valence-electron chi connectivity index (χ3n) is 5.93. The van der Waals surface area contributed by atoms with Gasteiger partial charge in [0, 0.05) is 43.4 Å². The van der Waals surface area contributed by atoms with Crippen LogP contribution in [0.4, 0.5) is 13.2 Å². The average molecular weight is 477 g/mol. The molecule has 0 unspecified atom stereocenters. The Morgan fingerprint density at radius 1 is 1.18 bits per heavy atom. The predicted molar refractivity (Wildman–Crippen MR) is 113 cm³/mol. The molecular weight excluding hydrogens is 459 g/mol. The van der Waals surface area contributed by atoms with Crippen molar-refractivity contribution in [1.29, 1.82) is 0 Å². The maximum atomic E-state index is 14.0. The normalized spacial score (nSPS) is 17.5. The Bertz CT molecular complexity index is 1320. The first-order valence-corrected chi connectivity index (χ1v) is 11.1. The summed E-state index contributed by atoms with van der Waals surface area (Å²) in [4.78, 5) is 27.5. The van der Waals surface area contributed by atoms with Gasteiger partial charge in [0.25, 0.3) is 5.91 Å². The smallest absolute Gasteiger partial charge is 0.278 e. The molecule has 2 aliphatic rings. The Morgan fingerprint density at radius 3 is 2.61 bits per heavy atom. The third kappa shape index (κ3) is 3.36. The molecular formula is C21H18F3N5O3S. The molecule has 8 nitrogen and oxygen atoms in total. The lowest BCUT2D eigenvalue weighted by Crippen LogP contribution is -2.58. The van der Waals surface area contributed by atoms with Crippen molar-refractivity contribution < 1.29 is 23.1 Å². The molecule has 1 atom stereocenters. The highest BCUT2D eigenvalue weighted by atomic mass is 32.1. The number of aromatic hydroxyl groups is 1. The van der Waals surface area contributed by atoms with Crippen molar-refractivity contribution in [2.45, 2.75) is 32.4 Å². The summed E-state index contributed by atoms with van der Waals surface area (Å²) in [5.41, 5.74) is -1.24. The number of benzene rings is 1. The summed E-state index contributed by atoms with van der Waals surface area (Å²) in [6, 6.07) is 1.16. The van der Waals surface area contributed by atoms with E-state index in [1.54, 1.807) is 4.90 Å². The quantitative estimate of drug-likeness (QED) is 0.621. The molecule has 1 N–H and O–H groups in total. The number of halogens is 3. The number of hydrogen-bond donors (Lipinski definition) is 1. The molecule has 0 spiro atoms. The molecule has 12 heteroatoms. The standard InChI is InChI=1S/C21H18F3N5O3S/c1-2-27-16-4-3-5-28(16)29-9-12(18(30)19(31)17(29)21(27)32)20-26-25-15(33-20)8-11-13(23)6-10(22)7-14(11)24/h6-7,9,16,31H,2-5,8H2,1H3/t16-/m0/s1. The van der Waals surface area contributed by atoms with Crippen molar-refractivity contribution in [3.63, 3.8) is 0 Å². The molecule has 1 saturated heterocycles. The summed E-state index contributed by atoms with van der Waals surface area (Å²) in [7, 11) is 0. The molecule has 0 aliphatic carbocycles. The van der Waals surface area contributed by atoms with E-state index in [0.717, 1.165) is 24.2 Å². The highest BCUT2D eigenvalue weighted by molar-refractivity contribution is 7.14. The molecule has 0 bridgehead atoms. The van der Waals surface area contributed by atoms with Gasteiger partial charge in [-0.05, 0) is 19.8 Å². The average Bonchev–Trinajstić information content (AvgIpc) is 3.43. The van der Waals surface area contributed by atoms with Crippen LogP contribution in [0.5, 0.6) is 5.75 Å². The van der Waals surface area contributed by atoms with E-state index in [0.29, 0.717) is 25.2 Å². The number of pyridine rings is 1. The van der Waals surface area contributed by atoms with Crippen LogP contribution < -0.4 is 10.4 Å². The van der Waals surface area contributed by atoms with Gasteiger partial charge < -0.3 is 10.0 Å². The summed E-state index contributed by atoms with van der Waals surface area (Å²) < 4.78 is 42.7. The minimum atomic E-state index is -1.05. The summed E-state index contributed by atoms with van der Waals surface area (Å²) in [6.45, 7) is 2.91. The lowest BCUT2D eigenvalue weighted by molar-refractivity contribution is 0.0608. The van der Waals surface area contributed by atoms with Gasteiger partial charge in [-0.3, -0.25) is 19.3 Å². The predicted octanol–water partition coefficient (Wildman–Crippen LogP) is 2.61. The molecule has 33 heavy (non-hydrogen) atoms.